The fraction of sp³-hybridized carbons (Fsp3) is 0.238. The van der Waals surface area contributed by atoms with Gasteiger partial charge in [0.1, 0.15) is 17.5 Å². The molecule has 0 spiro atoms. The normalized spacial score (nSPS) is 10.6. The molecule has 0 fully saturated rings. The van der Waals surface area contributed by atoms with E-state index in [0.29, 0.717) is 11.5 Å². The van der Waals surface area contributed by atoms with Crippen molar-refractivity contribution < 1.29 is 8.78 Å². The van der Waals surface area contributed by atoms with Crippen molar-refractivity contribution in [2.45, 2.75) is 20.8 Å². The van der Waals surface area contributed by atoms with E-state index in [9.17, 15) is 8.78 Å². The molecule has 7 heteroatoms. The maximum Gasteiger partial charge on any atom is 0.229 e. The standard InChI is InChI=1S/C21H23F2N5/c1-4-28(5-2)17-9-7-16(8-10-17)25-20-12-14(3)24-21(27-20)26-19-11-6-15(22)13-18(19)23/h6-13H,4-5H2,1-3H3,(H2,24,25,26,27). The van der Waals surface area contributed by atoms with Crippen LogP contribution in [0.3, 0.4) is 0 Å². The van der Waals surface area contributed by atoms with E-state index in [-0.39, 0.29) is 11.6 Å². The molecule has 3 rings (SSSR count). The van der Waals surface area contributed by atoms with E-state index in [1.54, 1.807) is 6.07 Å². The van der Waals surface area contributed by atoms with Crippen molar-refractivity contribution in [1.29, 1.82) is 0 Å². The molecule has 0 unspecified atom stereocenters. The molecule has 0 saturated carbocycles. The van der Waals surface area contributed by atoms with Gasteiger partial charge in [0.25, 0.3) is 0 Å². The van der Waals surface area contributed by atoms with Gasteiger partial charge in [0, 0.05) is 42.3 Å². The number of halogens is 2. The summed E-state index contributed by atoms with van der Waals surface area (Å²) in [6.07, 6.45) is 0. The monoisotopic (exact) mass is 383 g/mol. The average Bonchev–Trinajstić information content (AvgIpc) is 2.66. The number of hydrogen-bond acceptors (Lipinski definition) is 5. The fourth-order valence-electron chi connectivity index (χ4n) is 2.89. The Labute approximate surface area is 163 Å². The smallest absolute Gasteiger partial charge is 0.229 e. The van der Waals surface area contributed by atoms with E-state index in [1.165, 1.54) is 12.1 Å². The van der Waals surface area contributed by atoms with Crippen LogP contribution in [0.4, 0.5) is 37.6 Å². The molecule has 0 atom stereocenters. The third-order valence-electron chi connectivity index (χ3n) is 4.30. The van der Waals surface area contributed by atoms with Gasteiger partial charge in [-0.2, -0.15) is 4.98 Å². The summed E-state index contributed by atoms with van der Waals surface area (Å²) >= 11 is 0. The number of aromatic nitrogens is 2. The molecule has 0 bridgehead atoms. The third-order valence-corrected chi connectivity index (χ3v) is 4.30. The molecule has 146 valence electrons. The molecule has 0 aliphatic rings. The van der Waals surface area contributed by atoms with Crippen LogP contribution in [0.25, 0.3) is 0 Å². The van der Waals surface area contributed by atoms with Gasteiger partial charge in [-0.15, -0.1) is 0 Å². The van der Waals surface area contributed by atoms with E-state index in [2.05, 4.69) is 51.5 Å². The van der Waals surface area contributed by atoms with Crippen molar-refractivity contribution in [1.82, 2.24) is 9.97 Å². The molecule has 0 radical (unpaired) electrons. The van der Waals surface area contributed by atoms with Crippen LogP contribution in [0.1, 0.15) is 19.5 Å². The van der Waals surface area contributed by atoms with Gasteiger partial charge in [-0.05, 0) is 57.2 Å². The van der Waals surface area contributed by atoms with Crippen LogP contribution in [0.2, 0.25) is 0 Å². The van der Waals surface area contributed by atoms with Gasteiger partial charge >= 0.3 is 0 Å². The summed E-state index contributed by atoms with van der Waals surface area (Å²) in [5.74, 6) is -0.531. The van der Waals surface area contributed by atoms with Gasteiger partial charge in [0.2, 0.25) is 5.95 Å². The minimum absolute atomic E-state index is 0.113. The van der Waals surface area contributed by atoms with E-state index in [0.717, 1.165) is 30.5 Å². The van der Waals surface area contributed by atoms with Crippen molar-refractivity contribution in [3.05, 3.63) is 65.9 Å². The lowest BCUT2D eigenvalue weighted by molar-refractivity contribution is 0.586. The second-order valence-electron chi connectivity index (χ2n) is 6.31. The summed E-state index contributed by atoms with van der Waals surface area (Å²) in [6.45, 7) is 7.96. The minimum atomic E-state index is -0.702. The molecule has 3 aromatic rings. The Hall–Kier alpha value is -3.22. The SMILES string of the molecule is CCN(CC)c1ccc(Nc2cc(C)nc(Nc3ccc(F)cc3F)n2)cc1. The van der Waals surface area contributed by atoms with Crippen molar-refractivity contribution in [2.24, 2.45) is 0 Å². The summed E-state index contributed by atoms with van der Waals surface area (Å²) in [5, 5.41) is 6.03. The number of nitrogens with zero attached hydrogens (tertiary/aromatic N) is 3. The Kier molecular flexibility index (Phi) is 6.03. The molecule has 1 heterocycles. The van der Waals surface area contributed by atoms with Crippen molar-refractivity contribution in [3.8, 4) is 0 Å². The van der Waals surface area contributed by atoms with Gasteiger partial charge in [0.05, 0.1) is 5.69 Å². The lowest BCUT2D eigenvalue weighted by atomic mass is 10.2. The first-order chi connectivity index (χ1) is 13.5. The number of nitrogens with one attached hydrogen (secondary N) is 2. The van der Waals surface area contributed by atoms with Crippen molar-refractivity contribution in [3.63, 3.8) is 0 Å². The summed E-state index contributed by atoms with van der Waals surface area (Å²) in [6, 6.07) is 13.2. The Morgan fingerprint density at radius 2 is 1.61 bits per heavy atom. The number of aryl methyl sites for hydroxylation is 1. The predicted octanol–water partition coefficient (Wildman–Crippen LogP) is 5.40. The summed E-state index contributed by atoms with van der Waals surface area (Å²) < 4.78 is 26.9. The lowest BCUT2D eigenvalue weighted by Crippen LogP contribution is -2.21. The van der Waals surface area contributed by atoms with Crippen LogP contribution in [0.5, 0.6) is 0 Å². The zero-order chi connectivity index (χ0) is 20.1. The van der Waals surface area contributed by atoms with Crippen LogP contribution in [-0.4, -0.2) is 23.1 Å². The minimum Gasteiger partial charge on any atom is -0.372 e. The van der Waals surface area contributed by atoms with Crippen LogP contribution in [0, 0.1) is 18.6 Å². The summed E-state index contributed by atoms with van der Waals surface area (Å²) in [4.78, 5) is 10.9. The van der Waals surface area contributed by atoms with E-state index in [1.807, 2.05) is 19.1 Å². The molecule has 0 saturated heterocycles. The molecule has 2 N–H and O–H groups in total. The van der Waals surface area contributed by atoms with Gasteiger partial charge in [-0.1, -0.05) is 0 Å². The van der Waals surface area contributed by atoms with Crippen molar-refractivity contribution in [2.75, 3.05) is 28.6 Å². The topological polar surface area (TPSA) is 53.1 Å². The third kappa shape index (κ3) is 4.73. The number of hydrogen-bond donors (Lipinski definition) is 2. The van der Waals surface area contributed by atoms with Gasteiger partial charge in [0.15, 0.2) is 0 Å². The molecular formula is C21H23F2N5. The van der Waals surface area contributed by atoms with E-state index >= 15 is 0 Å². The first-order valence-electron chi connectivity index (χ1n) is 9.18. The molecule has 0 aliphatic heterocycles. The molecule has 28 heavy (non-hydrogen) atoms. The Balaban J connectivity index is 1.78. The Morgan fingerprint density at radius 1 is 0.893 bits per heavy atom. The highest BCUT2D eigenvalue weighted by Gasteiger charge is 2.08. The zero-order valence-corrected chi connectivity index (χ0v) is 16.1. The van der Waals surface area contributed by atoms with E-state index < -0.39 is 11.6 Å². The molecule has 1 aromatic heterocycles. The number of anilines is 5. The number of rotatable bonds is 7. The molecule has 0 amide bonds. The molecular weight excluding hydrogens is 360 g/mol. The molecule has 5 nitrogen and oxygen atoms in total. The van der Waals surface area contributed by atoms with Gasteiger partial charge < -0.3 is 15.5 Å². The van der Waals surface area contributed by atoms with Gasteiger partial charge in [-0.25, -0.2) is 13.8 Å². The first kappa shape index (κ1) is 19.5. The Morgan fingerprint density at radius 3 is 2.25 bits per heavy atom. The summed E-state index contributed by atoms with van der Waals surface area (Å²) in [7, 11) is 0. The first-order valence-corrected chi connectivity index (χ1v) is 9.18. The largest absolute Gasteiger partial charge is 0.372 e. The highest BCUT2D eigenvalue weighted by Crippen LogP contribution is 2.23. The van der Waals surface area contributed by atoms with Gasteiger partial charge in [-0.3, -0.25) is 0 Å². The maximum atomic E-state index is 13.9. The maximum absolute atomic E-state index is 13.9. The lowest BCUT2D eigenvalue weighted by Gasteiger charge is -2.21. The highest BCUT2D eigenvalue weighted by molar-refractivity contribution is 5.63. The second-order valence-corrected chi connectivity index (χ2v) is 6.31. The van der Waals surface area contributed by atoms with Crippen LogP contribution in [0.15, 0.2) is 48.5 Å². The zero-order valence-electron chi connectivity index (χ0n) is 16.1. The van der Waals surface area contributed by atoms with Crippen LogP contribution in [-0.2, 0) is 0 Å². The summed E-state index contributed by atoms with van der Waals surface area (Å²) in [5.41, 5.74) is 2.86. The molecule has 0 aliphatic carbocycles. The molecule has 2 aromatic carbocycles. The fourth-order valence-corrected chi connectivity index (χ4v) is 2.89. The Bertz CT molecular complexity index is 940. The van der Waals surface area contributed by atoms with Crippen LogP contribution < -0.4 is 15.5 Å². The van der Waals surface area contributed by atoms with Crippen LogP contribution >= 0.6 is 0 Å². The number of benzene rings is 2. The average molecular weight is 383 g/mol. The van der Waals surface area contributed by atoms with Crippen molar-refractivity contribution >= 4 is 28.8 Å². The second kappa shape index (κ2) is 8.65. The van der Waals surface area contributed by atoms with E-state index in [4.69, 9.17) is 0 Å². The quantitative estimate of drug-likeness (QED) is 0.572. The highest BCUT2D eigenvalue weighted by atomic mass is 19.1. The predicted molar refractivity (Wildman–Crippen MR) is 110 cm³/mol.